The first-order valence-corrected chi connectivity index (χ1v) is 15.8. The molecule has 0 aliphatic rings. The van der Waals surface area contributed by atoms with Gasteiger partial charge in [0, 0.05) is 23.9 Å². The van der Waals surface area contributed by atoms with Gasteiger partial charge in [0.15, 0.2) is 0 Å². The van der Waals surface area contributed by atoms with Crippen LogP contribution in [0.5, 0.6) is 5.75 Å². The number of aliphatic imine (C=N–C) groups is 1. The van der Waals surface area contributed by atoms with E-state index in [2.05, 4.69) is 17.2 Å². The minimum Gasteiger partial charge on any atom is -0.507 e. The fourth-order valence-corrected chi connectivity index (χ4v) is 5.23. The molecule has 2 N–H and O–H groups in total. The molecular weight excluding hydrogens is 492 g/mol. The Hall–Kier alpha value is -3.14. The van der Waals surface area contributed by atoms with Gasteiger partial charge in [-0.05, 0) is 47.5 Å². The maximum Gasteiger partial charge on any atom is 0.251 e. The molecule has 4 nitrogen and oxygen atoms in total. The van der Waals surface area contributed by atoms with Gasteiger partial charge >= 0.3 is 0 Å². The van der Waals surface area contributed by atoms with Crippen LogP contribution < -0.4 is 5.32 Å². The normalized spacial score (nSPS) is 11.4. The Morgan fingerprint density at radius 3 is 1.85 bits per heavy atom. The predicted octanol–water partition coefficient (Wildman–Crippen LogP) is 10.3. The first kappa shape index (κ1) is 31.4. The van der Waals surface area contributed by atoms with Crippen LogP contribution in [0, 0.1) is 0 Å². The zero-order valence-corrected chi connectivity index (χ0v) is 24.7. The summed E-state index contributed by atoms with van der Waals surface area (Å²) in [4.78, 5) is 17.0. The highest BCUT2D eigenvalue weighted by Crippen LogP contribution is 2.26. The average Bonchev–Trinajstić information content (AvgIpc) is 2.98. The van der Waals surface area contributed by atoms with E-state index < -0.39 is 0 Å². The summed E-state index contributed by atoms with van der Waals surface area (Å²) in [5, 5.41) is 15.4. The Balaban J connectivity index is 1.22. The summed E-state index contributed by atoms with van der Waals surface area (Å²) >= 11 is 0. The number of hydrogen-bond acceptors (Lipinski definition) is 3. The summed E-state index contributed by atoms with van der Waals surface area (Å²) in [5.74, 6) is 0.163. The van der Waals surface area contributed by atoms with Crippen molar-refractivity contribution in [1.29, 1.82) is 0 Å². The molecule has 0 aliphatic carbocycles. The van der Waals surface area contributed by atoms with Crippen molar-refractivity contribution >= 4 is 28.6 Å². The van der Waals surface area contributed by atoms with Gasteiger partial charge in [-0.3, -0.25) is 9.79 Å². The van der Waals surface area contributed by atoms with Gasteiger partial charge < -0.3 is 10.4 Å². The maximum absolute atomic E-state index is 12.5. The third-order valence-corrected chi connectivity index (χ3v) is 7.74. The van der Waals surface area contributed by atoms with Crippen LogP contribution in [0.2, 0.25) is 0 Å². The highest BCUT2D eigenvalue weighted by atomic mass is 16.3. The second-order valence-corrected chi connectivity index (χ2v) is 11.1. The predicted molar refractivity (Wildman–Crippen MR) is 171 cm³/mol. The minimum atomic E-state index is -0.0387. The first-order chi connectivity index (χ1) is 19.7. The molecule has 0 aliphatic heterocycles. The molecule has 3 aromatic rings. The molecule has 0 heterocycles. The lowest BCUT2D eigenvalue weighted by molar-refractivity contribution is 0.0953. The van der Waals surface area contributed by atoms with Gasteiger partial charge in [0.2, 0.25) is 0 Å². The number of rotatable bonds is 20. The standard InChI is InChI=1S/C36H50N2O2/c1-2-3-4-5-6-7-8-9-10-11-12-13-14-15-16-19-28-37-36(40)31-22-25-32(26-23-31)38-29-34-33-21-18-17-20-30(33)24-27-35(34)39/h17-18,20-27,29,39H,2-16,19,28H2,1H3,(H,37,40). The van der Waals surface area contributed by atoms with Crippen molar-refractivity contribution in [1.82, 2.24) is 5.32 Å². The minimum absolute atomic E-state index is 0.0387. The molecular formula is C36H50N2O2. The Kier molecular flexibility index (Phi) is 14.9. The third kappa shape index (κ3) is 11.5. The number of nitrogens with zero attached hydrogens (tertiary/aromatic N) is 1. The molecule has 0 saturated heterocycles. The van der Waals surface area contributed by atoms with E-state index in [9.17, 15) is 9.90 Å². The summed E-state index contributed by atoms with van der Waals surface area (Å²) in [6.45, 7) is 3.00. The van der Waals surface area contributed by atoms with Crippen molar-refractivity contribution in [3.63, 3.8) is 0 Å². The molecule has 40 heavy (non-hydrogen) atoms. The van der Waals surface area contributed by atoms with E-state index in [0.717, 1.165) is 29.4 Å². The molecule has 1 amide bonds. The molecule has 3 aromatic carbocycles. The summed E-state index contributed by atoms with van der Waals surface area (Å²) < 4.78 is 0. The quantitative estimate of drug-likeness (QED) is 0.110. The lowest BCUT2D eigenvalue weighted by Gasteiger charge is -2.06. The van der Waals surface area contributed by atoms with Gasteiger partial charge in [-0.25, -0.2) is 0 Å². The number of nitrogens with one attached hydrogen (secondary N) is 1. The van der Waals surface area contributed by atoms with Crippen LogP contribution in [0.3, 0.4) is 0 Å². The van der Waals surface area contributed by atoms with Gasteiger partial charge in [0.05, 0.1) is 5.69 Å². The van der Waals surface area contributed by atoms with E-state index in [4.69, 9.17) is 0 Å². The highest BCUT2D eigenvalue weighted by molar-refractivity contribution is 6.03. The van der Waals surface area contributed by atoms with Crippen LogP contribution in [0.15, 0.2) is 65.7 Å². The van der Waals surface area contributed by atoms with Crippen molar-refractivity contribution in [3.8, 4) is 5.75 Å². The lowest BCUT2D eigenvalue weighted by atomic mass is 10.0. The van der Waals surface area contributed by atoms with Gasteiger partial charge in [-0.15, -0.1) is 0 Å². The number of fused-ring (bicyclic) bond motifs is 1. The maximum atomic E-state index is 12.5. The summed E-state index contributed by atoms with van der Waals surface area (Å²) in [6, 6.07) is 18.8. The van der Waals surface area contributed by atoms with Crippen LogP contribution in [-0.4, -0.2) is 23.8 Å². The number of phenols is 1. The number of hydrogen-bond donors (Lipinski definition) is 2. The van der Waals surface area contributed by atoms with Gasteiger partial charge in [-0.1, -0.05) is 134 Å². The summed E-state index contributed by atoms with van der Waals surface area (Å²) in [7, 11) is 0. The molecule has 0 unspecified atom stereocenters. The zero-order valence-electron chi connectivity index (χ0n) is 24.7. The molecule has 3 rings (SSSR count). The molecule has 216 valence electrons. The van der Waals surface area contributed by atoms with Crippen molar-refractivity contribution in [2.45, 2.75) is 110 Å². The number of benzene rings is 3. The van der Waals surface area contributed by atoms with Crippen LogP contribution in [0.1, 0.15) is 126 Å². The monoisotopic (exact) mass is 542 g/mol. The lowest BCUT2D eigenvalue weighted by Crippen LogP contribution is -2.24. The Morgan fingerprint density at radius 2 is 1.25 bits per heavy atom. The van der Waals surface area contributed by atoms with E-state index in [0.29, 0.717) is 11.1 Å². The third-order valence-electron chi connectivity index (χ3n) is 7.74. The van der Waals surface area contributed by atoms with Crippen molar-refractivity contribution in [3.05, 3.63) is 71.8 Å². The van der Waals surface area contributed by atoms with E-state index in [1.165, 1.54) is 96.3 Å². The molecule has 0 bridgehead atoms. The number of carbonyl (C=O) groups is 1. The topological polar surface area (TPSA) is 61.7 Å². The molecule has 0 radical (unpaired) electrons. The SMILES string of the molecule is CCCCCCCCCCCCCCCCCCNC(=O)c1ccc(N=Cc2c(O)ccc3ccccc23)cc1. The van der Waals surface area contributed by atoms with Gasteiger partial charge in [0.25, 0.3) is 5.91 Å². The van der Waals surface area contributed by atoms with Crippen molar-refractivity contribution < 1.29 is 9.90 Å². The summed E-state index contributed by atoms with van der Waals surface area (Å²) in [5.41, 5.74) is 2.07. The Labute approximate surface area is 242 Å². The van der Waals surface area contributed by atoms with E-state index in [-0.39, 0.29) is 11.7 Å². The second kappa shape index (κ2) is 19.0. The number of aromatic hydroxyl groups is 1. The molecule has 4 heteroatoms. The second-order valence-electron chi connectivity index (χ2n) is 11.1. The van der Waals surface area contributed by atoms with Crippen molar-refractivity contribution in [2.75, 3.05) is 6.54 Å². The number of amides is 1. The largest absolute Gasteiger partial charge is 0.507 e. The molecule has 0 spiro atoms. The van der Waals surface area contributed by atoms with E-state index in [1.807, 2.05) is 42.5 Å². The van der Waals surface area contributed by atoms with Crippen LogP contribution in [0.4, 0.5) is 5.69 Å². The molecule has 0 fully saturated rings. The van der Waals surface area contributed by atoms with Crippen LogP contribution >= 0.6 is 0 Å². The Bertz CT molecular complexity index is 1150. The summed E-state index contributed by atoms with van der Waals surface area (Å²) in [6.07, 6.45) is 23.3. The first-order valence-electron chi connectivity index (χ1n) is 15.8. The van der Waals surface area contributed by atoms with Crippen LogP contribution in [-0.2, 0) is 0 Å². The van der Waals surface area contributed by atoms with E-state index in [1.54, 1.807) is 24.4 Å². The average molecular weight is 543 g/mol. The van der Waals surface area contributed by atoms with Crippen LogP contribution in [0.25, 0.3) is 10.8 Å². The number of phenolic OH excluding ortho intramolecular Hbond substituents is 1. The smallest absolute Gasteiger partial charge is 0.251 e. The fourth-order valence-electron chi connectivity index (χ4n) is 5.23. The molecule has 0 aromatic heterocycles. The highest BCUT2D eigenvalue weighted by Gasteiger charge is 2.06. The Morgan fingerprint density at radius 1 is 0.700 bits per heavy atom. The van der Waals surface area contributed by atoms with E-state index >= 15 is 0 Å². The van der Waals surface area contributed by atoms with Gasteiger partial charge in [-0.2, -0.15) is 0 Å². The number of carbonyl (C=O) groups excluding carboxylic acids is 1. The fraction of sp³-hybridized carbons (Fsp3) is 0.500. The molecule has 0 saturated carbocycles. The van der Waals surface area contributed by atoms with Gasteiger partial charge in [0.1, 0.15) is 5.75 Å². The number of unbranched alkanes of at least 4 members (excludes halogenated alkanes) is 15. The van der Waals surface area contributed by atoms with Crippen molar-refractivity contribution in [2.24, 2.45) is 4.99 Å². The molecule has 0 atom stereocenters. The zero-order chi connectivity index (χ0) is 28.3.